The molecule has 10 heteroatoms. The van der Waals surface area contributed by atoms with Crippen molar-refractivity contribution in [3.63, 3.8) is 0 Å². The van der Waals surface area contributed by atoms with Crippen LogP contribution in [0.3, 0.4) is 0 Å². The molecule has 45 heavy (non-hydrogen) atoms. The van der Waals surface area contributed by atoms with Gasteiger partial charge in [-0.15, -0.1) is 0 Å². The second-order valence-electron chi connectivity index (χ2n) is 11.9. The van der Waals surface area contributed by atoms with Crippen molar-refractivity contribution in [1.29, 1.82) is 0 Å². The maximum absolute atomic E-state index is 14.6. The Bertz CT molecular complexity index is 1740. The average molecular weight is 756 g/mol. The molecule has 1 unspecified atom stereocenters. The second-order valence-corrected chi connectivity index (χ2v) is 15.6. The Balaban J connectivity index is 1.82. The van der Waals surface area contributed by atoms with Gasteiger partial charge in [0, 0.05) is 27.4 Å². The monoisotopic (exact) mass is 753 g/mol. The summed E-state index contributed by atoms with van der Waals surface area (Å²) in [6.07, 6.45) is 0.240. The number of nitrogens with one attached hydrogen (secondary N) is 1. The molecule has 0 aliphatic carbocycles. The molecule has 4 rings (SSSR count). The van der Waals surface area contributed by atoms with Crippen LogP contribution < -0.4 is 9.62 Å². The van der Waals surface area contributed by atoms with E-state index in [0.717, 1.165) is 25.5 Å². The van der Waals surface area contributed by atoms with E-state index in [1.807, 2.05) is 82.3 Å². The molecule has 4 aromatic carbocycles. The quantitative estimate of drug-likeness (QED) is 0.175. The average Bonchev–Trinajstić information content (AvgIpc) is 2.97. The van der Waals surface area contributed by atoms with Gasteiger partial charge in [0.1, 0.15) is 12.6 Å². The van der Waals surface area contributed by atoms with Crippen molar-refractivity contribution in [2.24, 2.45) is 0 Å². The largest absolute Gasteiger partial charge is 0.350 e. The Kier molecular flexibility index (Phi) is 11.3. The van der Waals surface area contributed by atoms with E-state index in [4.69, 9.17) is 0 Å². The minimum Gasteiger partial charge on any atom is -0.350 e. The van der Waals surface area contributed by atoms with E-state index in [9.17, 15) is 18.0 Å². The first-order valence-electron chi connectivity index (χ1n) is 14.5. The lowest BCUT2D eigenvalue weighted by Gasteiger charge is -2.35. The van der Waals surface area contributed by atoms with Gasteiger partial charge in [-0.25, -0.2) is 8.42 Å². The summed E-state index contributed by atoms with van der Waals surface area (Å²) in [5, 5.41) is 3.05. The number of carbonyl (C=O) groups excluding carboxylic acids is 2. The molecule has 0 aliphatic heterocycles. The van der Waals surface area contributed by atoms with Crippen LogP contribution in [0.2, 0.25) is 0 Å². The number of anilines is 1. The summed E-state index contributed by atoms with van der Waals surface area (Å²) in [6, 6.07) is 29.4. The van der Waals surface area contributed by atoms with E-state index < -0.39 is 34.1 Å². The van der Waals surface area contributed by atoms with Crippen LogP contribution in [0.5, 0.6) is 0 Å². The zero-order valence-corrected chi connectivity index (χ0v) is 29.7. The lowest BCUT2D eigenvalue weighted by molar-refractivity contribution is -0.140. The molecule has 236 valence electrons. The highest BCUT2D eigenvalue weighted by Gasteiger charge is 2.35. The summed E-state index contributed by atoms with van der Waals surface area (Å²) in [6.45, 7) is 7.09. The first-order chi connectivity index (χ1) is 21.2. The van der Waals surface area contributed by atoms with Gasteiger partial charge in [0.2, 0.25) is 11.8 Å². The summed E-state index contributed by atoms with van der Waals surface area (Å²) < 4.78 is 30.9. The first-order valence-corrected chi connectivity index (χ1v) is 17.5. The molecule has 0 heterocycles. The fourth-order valence-corrected chi connectivity index (χ4v) is 7.08. The normalized spacial score (nSPS) is 12.3. The molecule has 0 fully saturated rings. The smallest absolute Gasteiger partial charge is 0.264 e. The number of halogens is 2. The van der Waals surface area contributed by atoms with Crippen molar-refractivity contribution in [1.82, 2.24) is 10.2 Å². The fourth-order valence-electron chi connectivity index (χ4n) is 4.84. The Morgan fingerprint density at radius 1 is 0.800 bits per heavy atom. The lowest BCUT2D eigenvalue weighted by Crippen LogP contribution is -2.56. The van der Waals surface area contributed by atoms with E-state index in [-0.39, 0.29) is 23.8 Å². The number of nitrogens with zero attached hydrogens (tertiary/aromatic N) is 2. The van der Waals surface area contributed by atoms with Gasteiger partial charge in [-0.1, -0.05) is 98.1 Å². The molecule has 4 aromatic rings. The summed E-state index contributed by atoms with van der Waals surface area (Å²) >= 11 is 6.95. The summed E-state index contributed by atoms with van der Waals surface area (Å²) in [4.78, 5) is 30.1. The predicted molar refractivity (Wildman–Crippen MR) is 186 cm³/mol. The molecular weight excluding hydrogens is 718 g/mol. The lowest BCUT2D eigenvalue weighted by atomic mass is 10.0. The van der Waals surface area contributed by atoms with Crippen LogP contribution >= 0.6 is 31.9 Å². The molecule has 0 aliphatic rings. The van der Waals surface area contributed by atoms with Crippen molar-refractivity contribution in [3.8, 4) is 0 Å². The number of hydrogen-bond donors (Lipinski definition) is 1. The molecule has 0 bridgehead atoms. The number of amides is 2. The summed E-state index contributed by atoms with van der Waals surface area (Å²) in [5.41, 5.74) is 2.32. The maximum Gasteiger partial charge on any atom is 0.264 e. The van der Waals surface area contributed by atoms with Crippen LogP contribution in [0.1, 0.15) is 37.5 Å². The van der Waals surface area contributed by atoms with Gasteiger partial charge < -0.3 is 10.2 Å². The van der Waals surface area contributed by atoms with E-state index in [0.29, 0.717) is 10.2 Å². The van der Waals surface area contributed by atoms with Gasteiger partial charge in [0.05, 0.1) is 10.6 Å². The number of sulfonamides is 1. The molecule has 1 N–H and O–H groups in total. The highest BCUT2D eigenvalue weighted by Crippen LogP contribution is 2.28. The highest BCUT2D eigenvalue weighted by molar-refractivity contribution is 9.10. The van der Waals surface area contributed by atoms with Gasteiger partial charge in [0.15, 0.2) is 0 Å². The standard InChI is InChI=1S/C35H37Br2N3O4S/c1-25-16-18-31(19-17-25)45(43,44)40(30-15-9-14-29(37)22-30)24-33(41)39(23-27-12-8-13-28(36)20-27)32(34(42)38-35(2,3)4)21-26-10-6-5-7-11-26/h5-20,22,32H,21,23-24H2,1-4H3,(H,38,42). The number of hydrogen-bond acceptors (Lipinski definition) is 4. The van der Waals surface area contributed by atoms with Crippen molar-refractivity contribution < 1.29 is 18.0 Å². The third-order valence-corrected chi connectivity index (χ3v) is 9.77. The van der Waals surface area contributed by atoms with Gasteiger partial charge in [-0.2, -0.15) is 0 Å². The van der Waals surface area contributed by atoms with Crippen molar-refractivity contribution >= 4 is 59.4 Å². The molecule has 2 amide bonds. The summed E-state index contributed by atoms with van der Waals surface area (Å²) in [5.74, 6) is -0.847. The Hall–Kier alpha value is -3.47. The van der Waals surface area contributed by atoms with Crippen LogP contribution in [0, 0.1) is 6.92 Å². The molecule has 1 atom stereocenters. The van der Waals surface area contributed by atoms with Crippen LogP contribution in [0.15, 0.2) is 117 Å². The van der Waals surface area contributed by atoms with Gasteiger partial charge in [0.25, 0.3) is 10.0 Å². The first kappa shape index (κ1) is 34.4. The van der Waals surface area contributed by atoms with Crippen LogP contribution in [-0.2, 0) is 32.6 Å². The number of rotatable bonds is 11. The molecule has 0 spiro atoms. The topological polar surface area (TPSA) is 86.8 Å². The fraction of sp³-hybridized carbons (Fsp3) is 0.257. The molecular formula is C35H37Br2N3O4S. The summed E-state index contributed by atoms with van der Waals surface area (Å²) in [7, 11) is -4.17. The maximum atomic E-state index is 14.6. The molecule has 0 radical (unpaired) electrons. The zero-order valence-electron chi connectivity index (χ0n) is 25.7. The predicted octanol–water partition coefficient (Wildman–Crippen LogP) is 7.27. The van der Waals surface area contributed by atoms with Gasteiger partial charge in [-0.05, 0) is 81.3 Å². The van der Waals surface area contributed by atoms with Crippen molar-refractivity contribution in [2.45, 2.75) is 57.1 Å². The SMILES string of the molecule is Cc1ccc(S(=O)(=O)N(CC(=O)N(Cc2cccc(Br)c2)C(Cc2ccccc2)C(=O)NC(C)(C)C)c2cccc(Br)c2)cc1. The Morgan fingerprint density at radius 3 is 2.00 bits per heavy atom. The highest BCUT2D eigenvalue weighted by atomic mass is 79.9. The Morgan fingerprint density at radius 2 is 1.40 bits per heavy atom. The molecule has 7 nitrogen and oxygen atoms in total. The number of aryl methyl sites for hydroxylation is 1. The third-order valence-electron chi connectivity index (χ3n) is 7.00. The third kappa shape index (κ3) is 9.51. The molecule has 0 saturated carbocycles. The van der Waals surface area contributed by atoms with E-state index in [1.165, 1.54) is 17.0 Å². The second kappa shape index (κ2) is 14.7. The zero-order chi connectivity index (χ0) is 32.8. The van der Waals surface area contributed by atoms with E-state index in [2.05, 4.69) is 37.2 Å². The minimum absolute atomic E-state index is 0.0609. The van der Waals surface area contributed by atoms with Gasteiger partial charge >= 0.3 is 0 Å². The molecule has 0 saturated heterocycles. The van der Waals surface area contributed by atoms with E-state index in [1.54, 1.807) is 36.4 Å². The number of benzene rings is 4. The number of carbonyl (C=O) groups is 2. The molecule has 0 aromatic heterocycles. The van der Waals surface area contributed by atoms with Crippen LogP contribution in [0.25, 0.3) is 0 Å². The van der Waals surface area contributed by atoms with Crippen molar-refractivity contribution in [2.75, 3.05) is 10.8 Å². The van der Waals surface area contributed by atoms with Crippen molar-refractivity contribution in [3.05, 3.63) is 129 Å². The van der Waals surface area contributed by atoms with Crippen LogP contribution in [-0.4, -0.2) is 43.3 Å². The van der Waals surface area contributed by atoms with E-state index >= 15 is 0 Å². The minimum atomic E-state index is -4.17. The van der Waals surface area contributed by atoms with Gasteiger partial charge in [-0.3, -0.25) is 13.9 Å². The Labute approximate surface area is 283 Å². The van der Waals surface area contributed by atoms with Crippen LogP contribution in [0.4, 0.5) is 5.69 Å².